The standard InChI is InChI=1S/C10H15N3O2/c1-6(2)13-8(5-7-3-4-7)9(10(14)15)11-12-13/h6-7H,3-5H2,1-2H3,(H,14,15). The summed E-state index contributed by atoms with van der Waals surface area (Å²) in [6, 6.07) is 0.166. The van der Waals surface area contributed by atoms with Crippen molar-refractivity contribution in [1.82, 2.24) is 15.0 Å². The number of nitrogens with zero attached hydrogens (tertiary/aromatic N) is 3. The second-order valence-electron chi connectivity index (χ2n) is 4.38. The predicted octanol–water partition coefficient (Wildman–Crippen LogP) is 1.51. The van der Waals surface area contributed by atoms with Gasteiger partial charge in [0.15, 0.2) is 5.69 Å². The summed E-state index contributed by atoms with van der Waals surface area (Å²) in [4.78, 5) is 10.9. The SMILES string of the molecule is CC(C)n1nnc(C(=O)O)c1CC1CC1. The number of hydrogen-bond acceptors (Lipinski definition) is 3. The Hall–Kier alpha value is -1.39. The van der Waals surface area contributed by atoms with Gasteiger partial charge in [-0.3, -0.25) is 0 Å². The summed E-state index contributed by atoms with van der Waals surface area (Å²) in [5.41, 5.74) is 0.899. The third-order valence-corrected chi connectivity index (χ3v) is 2.66. The van der Waals surface area contributed by atoms with Crippen LogP contribution in [0.2, 0.25) is 0 Å². The number of aromatic nitrogens is 3. The van der Waals surface area contributed by atoms with Gasteiger partial charge in [-0.1, -0.05) is 5.21 Å². The Morgan fingerprint density at radius 2 is 2.27 bits per heavy atom. The molecular weight excluding hydrogens is 194 g/mol. The zero-order valence-electron chi connectivity index (χ0n) is 8.97. The van der Waals surface area contributed by atoms with Crippen LogP contribution in [0.25, 0.3) is 0 Å². The van der Waals surface area contributed by atoms with Gasteiger partial charge in [-0.25, -0.2) is 9.48 Å². The van der Waals surface area contributed by atoms with E-state index in [4.69, 9.17) is 5.11 Å². The summed E-state index contributed by atoms with van der Waals surface area (Å²) in [6.07, 6.45) is 3.19. The highest BCUT2D eigenvalue weighted by molar-refractivity contribution is 5.86. The average molecular weight is 209 g/mol. The highest BCUT2D eigenvalue weighted by Gasteiger charge is 2.28. The molecule has 1 aromatic heterocycles. The highest BCUT2D eigenvalue weighted by Crippen LogP contribution is 2.33. The minimum atomic E-state index is -0.974. The van der Waals surface area contributed by atoms with E-state index in [0.29, 0.717) is 5.92 Å². The van der Waals surface area contributed by atoms with Crippen LogP contribution in [0.3, 0.4) is 0 Å². The summed E-state index contributed by atoms with van der Waals surface area (Å²) in [5, 5.41) is 16.6. The Balaban J connectivity index is 2.33. The van der Waals surface area contributed by atoms with Gasteiger partial charge < -0.3 is 5.11 Å². The van der Waals surface area contributed by atoms with E-state index in [1.165, 1.54) is 12.8 Å². The number of hydrogen-bond donors (Lipinski definition) is 1. The van der Waals surface area contributed by atoms with Gasteiger partial charge in [-0.15, -0.1) is 5.10 Å². The Labute approximate surface area is 88.1 Å². The van der Waals surface area contributed by atoms with E-state index >= 15 is 0 Å². The molecule has 0 atom stereocenters. The zero-order chi connectivity index (χ0) is 11.0. The van der Waals surface area contributed by atoms with Crippen molar-refractivity contribution in [2.75, 3.05) is 0 Å². The number of carbonyl (C=O) groups is 1. The lowest BCUT2D eigenvalue weighted by molar-refractivity contribution is 0.0689. The number of carboxylic acids is 1. The van der Waals surface area contributed by atoms with Gasteiger partial charge in [0.2, 0.25) is 0 Å². The second-order valence-corrected chi connectivity index (χ2v) is 4.38. The van der Waals surface area contributed by atoms with Crippen molar-refractivity contribution in [3.05, 3.63) is 11.4 Å². The first kappa shape index (κ1) is 10.1. The van der Waals surface area contributed by atoms with E-state index in [-0.39, 0.29) is 11.7 Å². The fourth-order valence-electron chi connectivity index (χ4n) is 1.68. The first-order valence-electron chi connectivity index (χ1n) is 5.27. The maximum atomic E-state index is 10.9. The minimum absolute atomic E-state index is 0.121. The van der Waals surface area contributed by atoms with Gasteiger partial charge in [0, 0.05) is 6.04 Å². The number of rotatable bonds is 4. The van der Waals surface area contributed by atoms with Crippen LogP contribution in [0.5, 0.6) is 0 Å². The van der Waals surface area contributed by atoms with E-state index < -0.39 is 5.97 Å². The monoisotopic (exact) mass is 209 g/mol. The molecule has 82 valence electrons. The molecule has 0 aliphatic heterocycles. The van der Waals surface area contributed by atoms with Crippen LogP contribution in [0.15, 0.2) is 0 Å². The third kappa shape index (κ3) is 2.00. The van der Waals surface area contributed by atoms with Crippen molar-refractivity contribution in [3.63, 3.8) is 0 Å². The van der Waals surface area contributed by atoms with Gasteiger partial charge in [-0.05, 0) is 39.0 Å². The van der Waals surface area contributed by atoms with Crippen molar-refractivity contribution in [1.29, 1.82) is 0 Å². The molecule has 0 unspecified atom stereocenters. The Bertz CT molecular complexity index is 380. The molecule has 1 fully saturated rings. The maximum absolute atomic E-state index is 10.9. The Morgan fingerprint density at radius 1 is 1.60 bits per heavy atom. The molecule has 0 saturated heterocycles. The molecule has 1 aliphatic rings. The van der Waals surface area contributed by atoms with Crippen LogP contribution in [0.1, 0.15) is 48.9 Å². The van der Waals surface area contributed by atoms with Gasteiger partial charge in [0.05, 0.1) is 5.69 Å². The second kappa shape index (κ2) is 3.64. The van der Waals surface area contributed by atoms with Crippen LogP contribution >= 0.6 is 0 Å². The third-order valence-electron chi connectivity index (χ3n) is 2.66. The zero-order valence-corrected chi connectivity index (χ0v) is 8.97. The molecule has 5 nitrogen and oxygen atoms in total. The van der Waals surface area contributed by atoms with Crippen LogP contribution in [-0.2, 0) is 6.42 Å². The van der Waals surface area contributed by atoms with E-state index in [1.807, 2.05) is 13.8 Å². The van der Waals surface area contributed by atoms with Crippen molar-refractivity contribution in [2.45, 2.75) is 39.2 Å². The lowest BCUT2D eigenvalue weighted by Crippen LogP contribution is -2.11. The highest BCUT2D eigenvalue weighted by atomic mass is 16.4. The van der Waals surface area contributed by atoms with Crippen LogP contribution in [0.4, 0.5) is 0 Å². The molecule has 1 heterocycles. The van der Waals surface area contributed by atoms with Crippen molar-refractivity contribution >= 4 is 5.97 Å². The van der Waals surface area contributed by atoms with Crippen LogP contribution < -0.4 is 0 Å². The number of carboxylic acid groups (broad SMARTS) is 1. The molecule has 1 aliphatic carbocycles. The lowest BCUT2D eigenvalue weighted by atomic mass is 10.1. The fourth-order valence-corrected chi connectivity index (χ4v) is 1.68. The van der Waals surface area contributed by atoms with Gasteiger partial charge >= 0.3 is 5.97 Å². The summed E-state index contributed by atoms with van der Waals surface area (Å²) in [5.74, 6) is -0.336. The summed E-state index contributed by atoms with van der Waals surface area (Å²) >= 11 is 0. The van der Waals surface area contributed by atoms with E-state index in [0.717, 1.165) is 12.1 Å². The molecule has 0 aromatic carbocycles. The molecule has 0 radical (unpaired) electrons. The molecule has 5 heteroatoms. The first-order chi connectivity index (χ1) is 7.09. The average Bonchev–Trinajstić information content (AvgIpc) is 2.82. The van der Waals surface area contributed by atoms with Gasteiger partial charge in [0.1, 0.15) is 0 Å². The Morgan fingerprint density at radius 3 is 2.73 bits per heavy atom. The molecule has 0 bridgehead atoms. The quantitative estimate of drug-likeness (QED) is 0.816. The molecular formula is C10H15N3O2. The summed E-state index contributed by atoms with van der Waals surface area (Å²) in [7, 11) is 0. The van der Waals surface area contributed by atoms with E-state index in [9.17, 15) is 4.79 Å². The molecule has 1 saturated carbocycles. The molecule has 15 heavy (non-hydrogen) atoms. The van der Waals surface area contributed by atoms with E-state index in [2.05, 4.69) is 10.3 Å². The number of aromatic carboxylic acids is 1. The fraction of sp³-hybridized carbons (Fsp3) is 0.700. The van der Waals surface area contributed by atoms with Crippen LogP contribution in [-0.4, -0.2) is 26.1 Å². The smallest absolute Gasteiger partial charge is 0.358 e. The Kier molecular flexibility index (Phi) is 2.46. The van der Waals surface area contributed by atoms with Gasteiger partial charge in [0.25, 0.3) is 0 Å². The molecule has 2 rings (SSSR count). The maximum Gasteiger partial charge on any atom is 0.358 e. The minimum Gasteiger partial charge on any atom is -0.476 e. The first-order valence-corrected chi connectivity index (χ1v) is 5.27. The van der Waals surface area contributed by atoms with Crippen LogP contribution in [0, 0.1) is 5.92 Å². The van der Waals surface area contributed by atoms with E-state index in [1.54, 1.807) is 4.68 Å². The van der Waals surface area contributed by atoms with Crippen molar-refractivity contribution in [2.24, 2.45) is 5.92 Å². The predicted molar refractivity (Wildman–Crippen MR) is 53.8 cm³/mol. The molecule has 1 aromatic rings. The normalized spacial score (nSPS) is 15.9. The largest absolute Gasteiger partial charge is 0.476 e. The van der Waals surface area contributed by atoms with Crippen molar-refractivity contribution < 1.29 is 9.90 Å². The topological polar surface area (TPSA) is 68.0 Å². The molecule has 0 spiro atoms. The van der Waals surface area contributed by atoms with Gasteiger partial charge in [-0.2, -0.15) is 0 Å². The molecule has 1 N–H and O–H groups in total. The summed E-state index contributed by atoms with van der Waals surface area (Å²) < 4.78 is 1.72. The van der Waals surface area contributed by atoms with Crippen molar-refractivity contribution in [3.8, 4) is 0 Å². The lowest BCUT2D eigenvalue weighted by Gasteiger charge is -2.09. The summed E-state index contributed by atoms with van der Waals surface area (Å²) in [6.45, 7) is 3.97. The molecule has 0 amide bonds.